The topological polar surface area (TPSA) is 121 Å². The number of aliphatic hydroxyl groups is 2. The number of aliphatic hydroxyl groups excluding tert-OH is 2. The summed E-state index contributed by atoms with van der Waals surface area (Å²) in [5.74, 6) is -0.0963. The van der Waals surface area contributed by atoms with E-state index in [-0.39, 0.29) is 24.4 Å². The van der Waals surface area contributed by atoms with Crippen LogP contribution in [0.2, 0.25) is 0 Å². The van der Waals surface area contributed by atoms with Crippen LogP contribution in [0.5, 0.6) is 5.75 Å². The van der Waals surface area contributed by atoms with Crippen molar-refractivity contribution in [3.05, 3.63) is 47.4 Å². The molecule has 0 saturated heterocycles. The Morgan fingerprint density at radius 3 is 2.60 bits per heavy atom. The molecule has 0 bridgehead atoms. The molecule has 1 amide bonds. The summed E-state index contributed by atoms with van der Waals surface area (Å²) in [6.45, 7) is -0.0893. The van der Waals surface area contributed by atoms with Gasteiger partial charge in [0.1, 0.15) is 23.3 Å². The number of nitrogens with zero attached hydrogens (tertiary/aromatic N) is 1. The number of nitrogens with one attached hydrogen (secondary N) is 1. The summed E-state index contributed by atoms with van der Waals surface area (Å²) >= 11 is 13.1. The predicted octanol–water partition coefficient (Wildman–Crippen LogP) is 3.49. The summed E-state index contributed by atoms with van der Waals surface area (Å²) in [5, 5.41) is 37.2. The van der Waals surface area contributed by atoms with Crippen molar-refractivity contribution in [3.8, 4) is 5.75 Å². The lowest BCUT2D eigenvalue weighted by Crippen LogP contribution is -2.45. The molecule has 2 aliphatic rings. The van der Waals surface area contributed by atoms with Crippen LogP contribution in [0.1, 0.15) is 18.1 Å². The zero-order chi connectivity index (χ0) is 22.2. The second-order valence-electron chi connectivity index (χ2n) is 6.60. The van der Waals surface area contributed by atoms with Crippen molar-refractivity contribution in [1.29, 1.82) is 0 Å². The number of carbonyl (C=O) groups excluding carboxylic acids is 1. The molecule has 1 aliphatic heterocycles. The molecule has 1 heterocycles. The van der Waals surface area contributed by atoms with Gasteiger partial charge in [-0.05, 0) is 87.5 Å². The number of oxime groups is 1. The van der Waals surface area contributed by atoms with Gasteiger partial charge < -0.3 is 30.2 Å². The normalized spacial score (nSPS) is 24.3. The van der Waals surface area contributed by atoms with Crippen molar-refractivity contribution in [1.82, 2.24) is 5.32 Å². The third-order valence-electron chi connectivity index (χ3n) is 4.62. The van der Waals surface area contributed by atoms with Crippen molar-refractivity contribution in [2.75, 3.05) is 13.7 Å². The monoisotopic (exact) mass is 672 g/mol. The molecule has 8 nitrogen and oxygen atoms in total. The smallest absolute Gasteiger partial charge is 0.269 e. The molecule has 3 atom stereocenters. The van der Waals surface area contributed by atoms with E-state index >= 15 is 0 Å². The lowest BCUT2D eigenvalue weighted by Gasteiger charge is -2.33. The highest BCUT2D eigenvalue weighted by molar-refractivity contribution is 9.12. The summed E-state index contributed by atoms with van der Waals surface area (Å²) in [4.78, 5) is 18.0. The van der Waals surface area contributed by atoms with Crippen LogP contribution in [-0.2, 0) is 14.4 Å². The number of rotatable bonds is 5. The van der Waals surface area contributed by atoms with E-state index in [0.29, 0.717) is 29.2 Å². The first-order chi connectivity index (χ1) is 14.1. The number of methoxy groups -OCH3 is 1. The zero-order valence-electron chi connectivity index (χ0n) is 15.3. The summed E-state index contributed by atoms with van der Waals surface area (Å²) in [6, 6.07) is 3.11. The number of halogens is 4. The van der Waals surface area contributed by atoms with Crippen molar-refractivity contribution in [2.24, 2.45) is 5.16 Å². The van der Waals surface area contributed by atoms with Crippen LogP contribution >= 0.6 is 63.7 Å². The van der Waals surface area contributed by atoms with Gasteiger partial charge in [-0.3, -0.25) is 4.79 Å². The molecule has 1 aromatic rings. The second kappa shape index (κ2) is 9.29. The van der Waals surface area contributed by atoms with Crippen LogP contribution in [-0.4, -0.2) is 52.3 Å². The van der Waals surface area contributed by atoms with E-state index in [1.54, 1.807) is 18.2 Å². The molecule has 3 rings (SSSR count). The molecule has 30 heavy (non-hydrogen) atoms. The van der Waals surface area contributed by atoms with Crippen LogP contribution < -0.4 is 5.32 Å². The lowest BCUT2D eigenvalue weighted by atomic mass is 9.87. The van der Waals surface area contributed by atoms with Gasteiger partial charge >= 0.3 is 0 Å². The van der Waals surface area contributed by atoms with Gasteiger partial charge in [0.15, 0.2) is 5.60 Å². The third kappa shape index (κ3) is 4.49. The molecule has 3 unspecified atom stereocenters. The fourth-order valence-corrected chi connectivity index (χ4v) is 6.02. The molecule has 1 spiro atoms. The molecule has 1 aromatic carbocycles. The molecule has 12 heteroatoms. The minimum atomic E-state index is -1.25. The van der Waals surface area contributed by atoms with Gasteiger partial charge in [-0.25, -0.2) is 0 Å². The number of benzene rings is 1. The number of hydrogen-bond donors (Lipinski definition) is 4. The van der Waals surface area contributed by atoms with E-state index in [0.717, 1.165) is 0 Å². The average Bonchev–Trinajstić information content (AvgIpc) is 3.13. The molecule has 0 saturated carbocycles. The Kier molecular flexibility index (Phi) is 7.35. The first-order valence-corrected chi connectivity index (χ1v) is 11.7. The van der Waals surface area contributed by atoms with Crippen LogP contribution in [0.3, 0.4) is 0 Å². The van der Waals surface area contributed by atoms with Gasteiger partial charge in [0.25, 0.3) is 5.91 Å². The van der Waals surface area contributed by atoms with Crippen LogP contribution in [0.15, 0.2) is 47.0 Å². The number of amides is 1. The third-order valence-corrected chi connectivity index (χ3v) is 7.22. The first-order valence-electron chi connectivity index (χ1n) is 8.49. The van der Waals surface area contributed by atoms with Crippen molar-refractivity contribution in [3.63, 3.8) is 0 Å². The number of allylic oxidation sites excluding steroid dienone is 1. The Balaban J connectivity index is 1.65. The largest absolute Gasteiger partial charge is 0.506 e. The fourth-order valence-electron chi connectivity index (χ4n) is 3.01. The van der Waals surface area contributed by atoms with E-state index in [2.05, 4.69) is 74.2 Å². The number of aromatic hydroxyl groups is 1. The van der Waals surface area contributed by atoms with Crippen LogP contribution in [0.25, 0.3) is 0 Å². The van der Waals surface area contributed by atoms with Gasteiger partial charge in [0, 0.05) is 13.0 Å². The number of phenols is 1. The zero-order valence-corrected chi connectivity index (χ0v) is 21.7. The van der Waals surface area contributed by atoms with Crippen LogP contribution in [0, 0.1) is 0 Å². The van der Waals surface area contributed by atoms with E-state index in [1.165, 1.54) is 7.11 Å². The van der Waals surface area contributed by atoms with Crippen molar-refractivity contribution in [2.45, 2.75) is 24.2 Å². The molecule has 4 N–H and O–H groups in total. The Morgan fingerprint density at radius 1 is 1.37 bits per heavy atom. The second-order valence-corrected chi connectivity index (χ2v) is 10.0. The molecular weight excluding hydrogens is 660 g/mol. The summed E-state index contributed by atoms with van der Waals surface area (Å²) in [6.07, 6.45) is -0.520. The maximum Gasteiger partial charge on any atom is 0.269 e. The first kappa shape index (κ1) is 23.7. The number of carbonyl (C=O) groups is 1. The fraction of sp³-hybridized carbons (Fsp3) is 0.333. The Morgan fingerprint density at radius 2 is 2.00 bits per heavy atom. The lowest BCUT2D eigenvalue weighted by molar-refractivity contribution is -0.115. The number of hydrogen-bond acceptors (Lipinski definition) is 7. The standard InChI is InChI=1S/C18H16Br4N2O6/c1-29-15-10(21)4-18(16(27)13(15)22)5-11(24-30-18)17(28)23-6-12(25)7-2-8(19)14(26)9(20)3-7/h2-4,12,16,25-27H,5-6H2,1H3,(H,23,28). The number of ether oxygens (including phenoxy) is 1. The Hall–Kier alpha value is -0.920. The van der Waals surface area contributed by atoms with Gasteiger partial charge in [0.2, 0.25) is 0 Å². The maximum absolute atomic E-state index is 12.5. The van der Waals surface area contributed by atoms with E-state index in [9.17, 15) is 20.1 Å². The van der Waals surface area contributed by atoms with E-state index in [4.69, 9.17) is 9.57 Å². The SMILES string of the molecule is COC1=C(Br)C(O)C2(C=C1Br)CC(C(=O)NCC(O)c1cc(Br)c(O)c(Br)c1)=NO2. The van der Waals surface area contributed by atoms with Gasteiger partial charge in [-0.15, -0.1) is 0 Å². The van der Waals surface area contributed by atoms with E-state index in [1.807, 2.05) is 0 Å². The molecule has 1 aliphatic carbocycles. The highest BCUT2D eigenvalue weighted by atomic mass is 79.9. The Labute approximate surface area is 205 Å². The summed E-state index contributed by atoms with van der Waals surface area (Å²) in [5.41, 5.74) is -0.687. The van der Waals surface area contributed by atoms with Crippen molar-refractivity contribution < 1.29 is 29.7 Å². The highest BCUT2D eigenvalue weighted by Gasteiger charge is 2.50. The summed E-state index contributed by atoms with van der Waals surface area (Å²) < 4.78 is 6.97. The molecule has 162 valence electrons. The minimum Gasteiger partial charge on any atom is -0.506 e. The quantitative estimate of drug-likeness (QED) is 0.380. The van der Waals surface area contributed by atoms with Gasteiger partial charge in [-0.2, -0.15) is 0 Å². The molecule has 0 aromatic heterocycles. The molecule has 0 fully saturated rings. The molecule has 0 radical (unpaired) electrons. The Bertz CT molecular complexity index is 956. The maximum atomic E-state index is 12.5. The number of phenolic OH excluding ortho intramolecular Hbond substituents is 1. The highest BCUT2D eigenvalue weighted by Crippen LogP contribution is 2.44. The van der Waals surface area contributed by atoms with Gasteiger partial charge in [-0.1, -0.05) is 5.16 Å². The molecular formula is C18H16Br4N2O6. The van der Waals surface area contributed by atoms with E-state index < -0.39 is 23.7 Å². The minimum absolute atomic E-state index is 0.0137. The predicted molar refractivity (Wildman–Crippen MR) is 123 cm³/mol. The van der Waals surface area contributed by atoms with Crippen LogP contribution in [0.4, 0.5) is 0 Å². The van der Waals surface area contributed by atoms with Gasteiger partial charge in [0.05, 0.1) is 31.1 Å². The van der Waals surface area contributed by atoms with Crippen molar-refractivity contribution >= 4 is 75.3 Å². The summed E-state index contributed by atoms with van der Waals surface area (Å²) in [7, 11) is 1.47. The average molecular weight is 676 g/mol.